The van der Waals surface area contributed by atoms with E-state index in [1.807, 2.05) is 20.8 Å². The Labute approximate surface area is 172 Å². The third kappa shape index (κ3) is 4.02. The number of nitrogens with one attached hydrogen (secondary N) is 1. The van der Waals surface area contributed by atoms with Crippen LogP contribution in [0.5, 0.6) is 0 Å². The number of piperidine rings is 3. The molecule has 3 aliphatic heterocycles. The molecule has 3 amide bonds. The minimum Gasteiger partial charge on any atom is -0.444 e. The largest absolute Gasteiger partial charge is 0.444 e. The highest BCUT2D eigenvalue weighted by Crippen LogP contribution is 2.51. The van der Waals surface area contributed by atoms with Crippen molar-refractivity contribution in [2.75, 3.05) is 13.1 Å². The third-order valence-corrected chi connectivity index (χ3v) is 6.50. The van der Waals surface area contributed by atoms with Crippen LogP contribution in [0.2, 0.25) is 0 Å². The average Bonchev–Trinajstić information content (AvgIpc) is 2.62. The molecule has 1 saturated carbocycles. The maximum absolute atomic E-state index is 12.3. The van der Waals surface area contributed by atoms with E-state index in [0.717, 1.165) is 18.4 Å². The summed E-state index contributed by atoms with van der Waals surface area (Å²) in [5, 5.41) is 2.51. The molecule has 4 aliphatic rings. The fourth-order valence-corrected chi connectivity index (χ4v) is 4.85. The molecule has 0 unspecified atom stereocenters. The number of fused-ring (bicyclic) bond motifs is 2. The van der Waals surface area contributed by atoms with Crippen molar-refractivity contribution < 1.29 is 19.1 Å². The Kier molecular flexibility index (Phi) is 4.91. The summed E-state index contributed by atoms with van der Waals surface area (Å²) in [5.41, 5.74) is 1.57. The number of hydrogen-bond donors (Lipinski definition) is 1. The van der Waals surface area contributed by atoms with Gasteiger partial charge in [0.2, 0.25) is 11.8 Å². The van der Waals surface area contributed by atoms with E-state index in [4.69, 9.17) is 4.74 Å². The first kappa shape index (κ1) is 19.9. The molecule has 3 heterocycles. The normalized spacial score (nSPS) is 27.3. The number of carbonyl (C=O) groups is 3. The van der Waals surface area contributed by atoms with Crippen molar-refractivity contribution in [3.05, 3.63) is 35.4 Å². The zero-order chi connectivity index (χ0) is 20.8. The Morgan fingerprint density at radius 3 is 2.28 bits per heavy atom. The Morgan fingerprint density at radius 1 is 1.10 bits per heavy atom. The highest BCUT2D eigenvalue weighted by atomic mass is 16.6. The van der Waals surface area contributed by atoms with E-state index >= 15 is 0 Å². The van der Waals surface area contributed by atoms with Gasteiger partial charge in [-0.25, -0.2) is 4.79 Å². The topological polar surface area (TPSA) is 75.7 Å². The van der Waals surface area contributed by atoms with Crippen molar-refractivity contribution in [2.24, 2.45) is 11.3 Å². The second-order valence-corrected chi connectivity index (χ2v) is 9.86. The van der Waals surface area contributed by atoms with Crippen LogP contribution < -0.4 is 5.32 Å². The van der Waals surface area contributed by atoms with E-state index in [0.29, 0.717) is 38.3 Å². The lowest BCUT2D eigenvalue weighted by Gasteiger charge is -2.49. The second-order valence-electron chi connectivity index (χ2n) is 9.86. The fraction of sp³-hybridized carbons (Fsp3) is 0.609. The number of nitrogens with zero attached hydrogens (tertiary/aromatic N) is 1. The van der Waals surface area contributed by atoms with Crippen LogP contribution in [0.15, 0.2) is 24.3 Å². The number of amides is 3. The zero-order valence-corrected chi connectivity index (χ0v) is 17.5. The lowest BCUT2D eigenvalue weighted by Crippen LogP contribution is -2.62. The molecule has 156 valence electrons. The van der Waals surface area contributed by atoms with E-state index in [1.165, 1.54) is 5.56 Å². The second kappa shape index (κ2) is 7.15. The molecule has 1 N–H and O–H groups in total. The van der Waals surface area contributed by atoms with Gasteiger partial charge in [-0.05, 0) is 69.9 Å². The molecule has 1 aliphatic carbocycles. The van der Waals surface area contributed by atoms with Crippen molar-refractivity contribution in [1.29, 1.82) is 0 Å². The average molecular weight is 399 g/mol. The predicted molar refractivity (Wildman–Crippen MR) is 108 cm³/mol. The van der Waals surface area contributed by atoms with Gasteiger partial charge in [0.25, 0.3) is 0 Å². The standard InChI is InChI=1S/C23H30N2O4/c1-22(2,3)29-21(28)25-10-8-17(9-11-25)16-6-4-15(5-7-16)12-23-13-18(14-23)19(26)24-20(23)27/h4-7,17-18H,8-14H2,1-3H3,(H,24,26,27). The Morgan fingerprint density at radius 2 is 1.72 bits per heavy atom. The number of carbonyl (C=O) groups excluding carboxylic acids is 3. The van der Waals surface area contributed by atoms with E-state index in [2.05, 4.69) is 29.6 Å². The number of rotatable bonds is 3. The summed E-state index contributed by atoms with van der Waals surface area (Å²) < 4.78 is 5.47. The molecule has 0 aromatic heterocycles. The van der Waals surface area contributed by atoms with Crippen LogP contribution in [0.4, 0.5) is 4.79 Å². The van der Waals surface area contributed by atoms with Gasteiger partial charge < -0.3 is 9.64 Å². The maximum Gasteiger partial charge on any atom is 0.410 e. The van der Waals surface area contributed by atoms with Crippen molar-refractivity contribution in [3.8, 4) is 0 Å². The summed E-state index contributed by atoms with van der Waals surface area (Å²) in [6.45, 7) is 7.08. The van der Waals surface area contributed by atoms with Crippen LogP contribution >= 0.6 is 0 Å². The molecule has 6 heteroatoms. The predicted octanol–water partition coefficient (Wildman–Crippen LogP) is 3.40. The summed E-state index contributed by atoms with van der Waals surface area (Å²) in [6, 6.07) is 8.53. The number of likely N-dealkylation sites (tertiary alicyclic amines) is 1. The lowest BCUT2D eigenvalue weighted by molar-refractivity contribution is -0.158. The summed E-state index contributed by atoms with van der Waals surface area (Å²) >= 11 is 0. The molecule has 0 spiro atoms. The number of imide groups is 1. The van der Waals surface area contributed by atoms with E-state index in [1.54, 1.807) is 4.90 Å². The Hall–Kier alpha value is -2.37. The molecule has 0 radical (unpaired) electrons. The van der Waals surface area contributed by atoms with Gasteiger partial charge in [0.15, 0.2) is 0 Å². The fourth-order valence-electron chi connectivity index (χ4n) is 4.85. The first-order chi connectivity index (χ1) is 13.7. The van der Waals surface area contributed by atoms with Crippen molar-refractivity contribution in [2.45, 2.75) is 64.4 Å². The summed E-state index contributed by atoms with van der Waals surface area (Å²) in [7, 11) is 0. The molecule has 5 rings (SSSR count). The molecule has 0 atom stereocenters. The van der Waals surface area contributed by atoms with Gasteiger partial charge in [-0.2, -0.15) is 0 Å². The lowest BCUT2D eigenvalue weighted by atomic mass is 9.56. The highest BCUT2D eigenvalue weighted by molar-refractivity contribution is 6.05. The minimum absolute atomic E-state index is 0.0159. The molecule has 1 aromatic rings. The minimum atomic E-state index is -0.466. The van der Waals surface area contributed by atoms with E-state index in [9.17, 15) is 14.4 Å². The van der Waals surface area contributed by atoms with Gasteiger partial charge in [0.05, 0.1) is 5.41 Å². The van der Waals surface area contributed by atoms with Crippen LogP contribution in [0, 0.1) is 11.3 Å². The zero-order valence-electron chi connectivity index (χ0n) is 17.5. The molecule has 29 heavy (non-hydrogen) atoms. The molecule has 4 fully saturated rings. The number of hydrogen-bond acceptors (Lipinski definition) is 4. The first-order valence-corrected chi connectivity index (χ1v) is 10.6. The molecule has 3 saturated heterocycles. The molecular weight excluding hydrogens is 368 g/mol. The highest BCUT2D eigenvalue weighted by Gasteiger charge is 2.57. The molecular formula is C23H30N2O4. The maximum atomic E-state index is 12.3. The van der Waals surface area contributed by atoms with E-state index < -0.39 is 11.0 Å². The monoisotopic (exact) mass is 398 g/mol. The number of benzene rings is 1. The van der Waals surface area contributed by atoms with Gasteiger partial charge in [-0.3, -0.25) is 14.9 Å². The molecule has 6 nitrogen and oxygen atoms in total. The van der Waals surface area contributed by atoms with Crippen molar-refractivity contribution in [1.82, 2.24) is 10.2 Å². The van der Waals surface area contributed by atoms with Crippen LogP contribution in [0.3, 0.4) is 0 Å². The van der Waals surface area contributed by atoms with Crippen molar-refractivity contribution in [3.63, 3.8) is 0 Å². The molecule has 2 bridgehead atoms. The summed E-state index contributed by atoms with van der Waals surface area (Å²) in [6.07, 6.45) is 3.68. The third-order valence-electron chi connectivity index (χ3n) is 6.50. The van der Waals surface area contributed by atoms with Gasteiger partial charge in [-0.1, -0.05) is 24.3 Å². The van der Waals surface area contributed by atoms with Crippen LogP contribution in [-0.2, 0) is 20.7 Å². The van der Waals surface area contributed by atoms with Crippen LogP contribution in [0.25, 0.3) is 0 Å². The van der Waals surface area contributed by atoms with Crippen LogP contribution in [-0.4, -0.2) is 41.5 Å². The van der Waals surface area contributed by atoms with Gasteiger partial charge >= 0.3 is 6.09 Å². The number of ether oxygens (including phenoxy) is 1. The van der Waals surface area contributed by atoms with Crippen molar-refractivity contribution >= 4 is 17.9 Å². The van der Waals surface area contributed by atoms with Gasteiger partial charge in [-0.15, -0.1) is 0 Å². The SMILES string of the molecule is CC(C)(C)OC(=O)N1CCC(c2ccc(CC34CC(C3)C(=O)NC4=O)cc2)CC1. The smallest absolute Gasteiger partial charge is 0.410 e. The molecule has 1 aromatic carbocycles. The summed E-state index contributed by atoms with van der Waals surface area (Å²) in [4.78, 5) is 37.9. The summed E-state index contributed by atoms with van der Waals surface area (Å²) in [5.74, 6) is 0.236. The van der Waals surface area contributed by atoms with Gasteiger partial charge in [0.1, 0.15) is 5.60 Å². The van der Waals surface area contributed by atoms with Crippen LogP contribution in [0.1, 0.15) is 63.5 Å². The van der Waals surface area contributed by atoms with Gasteiger partial charge in [0, 0.05) is 19.0 Å². The Balaban J connectivity index is 1.32. The van der Waals surface area contributed by atoms with E-state index in [-0.39, 0.29) is 23.8 Å². The Bertz CT molecular complexity index is 810. The first-order valence-electron chi connectivity index (χ1n) is 10.6. The quantitative estimate of drug-likeness (QED) is 0.792.